The molecule has 20 heavy (non-hydrogen) atoms. The number of benzene rings is 1. The van der Waals surface area contributed by atoms with E-state index < -0.39 is 5.97 Å². The summed E-state index contributed by atoms with van der Waals surface area (Å²) in [6.45, 7) is 3.79. The maximum absolute atomic E-state index is 14.1. The fourth-order valence-corrected chi connectivity index (χ4v) is 2.69. The van der Waals surface area contributed by atoms with Crippen molar-refractivity contribution in [3.63, 3.8) is 0 Å². The summed E-state index contributed by atoms with van der Waals surface area (Å²) in [4.78, 5) is 13.6. The minimum atomic E-state index is -0.535. The molecule has 0 aromatic heterocycles. The molecule has 0 radical (unpaired) electrons. The zero-order chi connectivity index (χ0) is 14.7. The lowest BCUT2D eigenvalue weighted by Crippen LogP contribution is -2.34. The Bertz CT molecular complexity index is 497. The van der Waals surface area contributed by atoms with Gasteiger partial charge in [0.1, 0.15) is 5.82 Å². The number of nitrogens with zero attached hydrogens (tertiary/aromatic N) is 1. The van der Waals surface area contributed by atoms with E-state index in [2.05, 4.69) is 11.7 Å². The molecule has 4 nitrogen and oxygen atoms in total. The van der Waals surface area contributed by atoms with E-state index in [1.165, 1.54) is 19.2 Å². The van der Waals surface area contributed by atoms with E-state index in [0.717, 1.165) is 32.4 Å². The molecule has 1 saturated heterocycles. The van der Waals surface area contributed by atoms with Gasteiger partial charge in [0.05, 0.1) is 18.4 Å². The number of methoxy groups -OCH3 is 1. The van der Waals surface area contributed by atoms with Gasteiger partial charge in [-0.05, 0) is 30.9 Å². The minimum Gasteiger partial charge on any atom is -0.465 e. The Kier molecular flexibility index (Phi) is 4.47. The number of carbonyl (C=O) groups is 1. The van der Waals surface area contributed by atoms with Crippen molar-refractivity contribution in [2.75, 3.05) is 30.8 Å². The van der Waals surface area contributed by atoms with E-state index in [-0.39, 0.29) is 17.1 Å². The molecule has 5 heteroatoms. The molecular formula is C15H21FN2O2. The lowest BCUT2D eigenvalue weighted by molar-refractivity contribution is 0.0602. The summed E-state index contributed by atoms with van der Waals surface area (Å²) in [5.41, 5.74) is 6.46. The Morgan fingerprint density at radius 2 is 2.10 bits per heavy atom. The molecule has 0 spiro atoms. The molecule has 0 saturated carbocycles. The predicted octanol–water partition coefficient (Wildman–Crippen LogP) is 2.82. The van der Waals surface area contributed by atoms with Crippen LogP contribution in [0.2, 0.25) is 0 Å². The van der Waals surface area contributed by atoms with E-state index in [1.54, 1.807) is 0 Å². The van der Waals surface area contributed by atoms with Gasteiger partial charge >= 0.3 is 5.97 Å². The lowest BCUT2D eigenvalue weighted by Gasteiger charge is -2.33. The fraction of sp³-hybridized carbons (Fsp3) is 0.533. The Hall–Kier alpha value is -1.78. The zero-order valence-corrected chi connectivity index (χ0v) is 12.0. The van der Waals surface area contributed by atoms with Crippen molar-refractivity contribution < 1.29 is 13.9 Å². The molecule has 110 valence electrons. The lowest BCUT2D eigenvalue weighted by atomic mass is 9.94. The molecule has 2 rings (SSSR count). The van der Waals surface area contributed by atoms with Crippen molar-refractivity contribution in [3.05, 3.63) is 23.5 Å². The van der Waals surface area contributed by atoms with Gasteiger partial charge in [0.15, 0.2) is 0 Å². The van der Waals surface area contributed by atoms with Crippen LogP contribution in [0.4, 0.5) is 15.8 Å². The zero-order valence-electron chi connectivity index (χ0n) is 12.0. The van der Waals surface area contributed by atoms with Gasteiger partial charge < -0.3 is 15.4 Å². The van der Waals surface area contributed by atoms with Gasteiger partial charge in [-0.3, -0.25) is 0 Å². The van der Waals surface area contributed by atoms with Crippen LogP contribution in [0.25, 0.3) is 0 Å². The van der Waals surface area contributed by atoms with E-state index in [9.17, 15) is 9.18 Å². The largest absolute Gasteiger partial charge is 0.465 e. The number of carbonyl (C=O) groups excluding carboxylic acids is 1. The van der Waals surface area contributed by atoms with E-state index in [1.807, 2.05) is 4.90 Å². The fourth-order valence-electron chi connectivity index (χ4n) is 2.69. The highest BCUT2D eigenvalue weighted by Crippen LogP contribution is 2.30. The van der Waals surface area contributed by atoms with Crippen LogP contribution < -0.4 is 10.6 Å². The SMILES string of the molecule is CCC1CCN(c2cc(C(=O)OC)c(N)cc2F)CC1. The maximum atomic E-state index is 14.1. The number of nitrogens with two attached hydrogens (primary N) is 1. The number of ether oxygens (including phenoxy) is 1. The molecule has 0 atom stereocenters. The maximum Gasteiger partial charge on any atom is 0.340 e. The number of esters is 1. The molecule has 2 N–H and O–H groups in total. The van der Waals surface area contributed by atoms with Crippen LogP contribution in [-0.2, 0) is 4.74 Å². The van der Waals surface area contributed by atoms with Crippen LogP contribution >= 0.6 is 0 Å². The smallest absolute Gasteiger partial charge is 0.340 e. The van der Waals surface area contributed by atoms with Crippen molar-refractivity contribution >= 4 is 17.3 Å². The van der Waals surface area contributed by atoms with Gasteiger partial charge in [0, 0.05) is 18.8 Å². The van der Waals surface area contributed by atoms with Gasteiger partial charge in [-0.25, -0.2) is 9.18 Å². The third-order valence-electron chi connectivity index (χ3n) is 4.06. The van der Waals surface area contributed by atoms with Crippen molar-refractivity contribution in [1.29, 1.82) is 0 Å². The number of anilines is 2. The van der Waals surface area contributed by atoms with Gasteiger partial charge in [0.2, 0.25) is 0 Å². The molecule has 0 aliphatic carbocycles. The molecule has 1 aliphatic rings. The van der Waals surface area contributed by atoms with Crippen LogP contribution in [0.5, 0.6) is 0 Å². The molecular weight excluding hydrogens is 259 g/mol. The second kappa shape index (κ2) is 6.11. The Labute approximate surface area is 118 Å². The average molecular weight is 280 g/mol. The topological polar surface area (TPSA) is 55.6 Å². The minimum absolute atomic E-state index is 0.113. The van der Waals surface area contributed by atoms with Crippen LogP contribution in [0, 0.1) is 11.7 Å². The number of halogens is 1. The number of hydrogen-bond donors (Lipinski definition) is 1. The quantitative estimate of drug-likeness (QED) is 0.683. The summed E-state index contributed by atoms with van der Waals surface area (Å²) < 4.78 is 18.8. The van der Waals surface area contributed by atoms with Crippen LogP contribution in [-0.4, -0.2) is 26.2 Å². The first-order valence-electron chi connectivity index (χ1n) is 6.99. The van der Waals surface area contributed by atoms with Gasteiger partial charge in [-0.2, -0.15) is 0 Å². The molecule has 1 fully saturated rings. The molecule has 1 heterocycles. The summed E-state index contributed by atoms with van der Waals surface area (Å²) in [5, 5.41) is 0. The number of piperidine rings is 1. The predicted molar refractivity (Wildman–Crippen MR) is 77.4 cm³/mol. The second-order valence-electron chi connectivity index (χ2n) is 5.22. The molecule has 1 aliphatic heterocycles. The summed E-state index contributed by atoms with van der Waals surface area (Å²) in [5.74, 6) is -0.208. The van der Waals surface area contributed by atoms with Crippen molar-refractivity contribution in [2.24, 2.45) is 5.92 Å². The van der Waals surface area contributed by atoms with Crippen molar-refractivity contribution in [3.8, 4) is 0 Å². The molecule has 0 unspecified atom stereocenters. The van der Waals surface area contributed by atoms with E-state index in [4.69, 9.17) is 5.73 Å². The van der Waals surface area contributed by atoms with Gasteiger partial charge in [-0.1, -0.05) is 13.3 Å². The summed E-state index contributed by atoms with van der Waals surface area (Å²) in [6.07, 6.45) is 3.26. The van der Waals surface area contributed by atoms with Crippen molar-refractivity contribution in [1.82, 2.24) is 0 Å². The van der Waals surface area contributed by atoms with Crippen LogP contribution in [0.1, 0.15) is 36.5 Å². The van der Waals surface area contributed by atoms with Gasteiger partial charge in [0.25, 0.3) is 0 Å². The highest BCUT2D eigenvalue weighted by atomic mass is 19.1. The third-order valence-corrected chi connectivity index (χ3v) is 4.06. The van der Waals surface area contributed by atoms with Gasteiger partial charge in [-0.15, -0.1) is 0 Å². The monoisotopic (exact) mass is 280 g/mol. The first-order valence-corrected chi connectivity index (χ1v) is 6.99. The Morgan fingerprint density at radius 3 is 2.65 bits per heavy atom. The normalized spacial score (nSPS) is 16.2. The Morgan fingerprint density at radius 1 is 1.45 bits per heavy atom. The second-order valence-corrected chi connectivity index (χ2v) is 5.22. The summed E-state index contributed by atoms with van der Waals surface area (Å²) in [6, 6.07) is 2.70. The highest BCUT2D eigenvalue weighted by Gasteiger charge is 2.22. The van der Waals surface area contributed by atoms with E-state index in [0.29, 0.717) is 11.6 Å². The molecule has 1 aromatic rings. The summed E-state index contributed by atoms with van der Waals surface area (Å²) in [7, 11) is 1.29. The average Bonchev–Trinajstić information content (AvgIpc) is 2.47. The highest BCUT2D eigenvalue weighted by molar-refractivity contribution is 5.96. The van der Waals surface area contributed by atoms with E-state index >= 15 is 0 Å². The standard InChI is InChI=1S/C15H21FN2O2/c1-3-10-4-6-18(7-5-10)14-8-11(15(19)20-2)13(17)9-12(14)16/h8-10H,3-7,17H2,1-2H3. The molecule has 0 amide bonds. The first kappa shape index (κ1) is 14.6. The number of hydrogen-bond acceptors (Lipinski definition) is 4. The third kappa shape index (κ3) is 2.86. The Balaban J connectivity index is 2.25. The molecule has 0 bridgehead atoms. The molecule has 1 aromatic carbocycles. The number of rotatable bonds is 3. The van der Waals surface area contributed by atoms with Crippen molar-refractivity contribution in [2.45, 2.75) is 26.2 Å². The summed E-state index contributed by atoms with van der Waals surface area (Å²) >= 11 is 0. The van der Waals surface area contributed by atoms with Crippen LogP contribution in [0.3, 0.4) is 0 Å². The number of nitrogen functional groups attached to an aromatic ring is 1. The first-order chi connectivity index (χ1) is 9.56. The van der Waals surface area contributed by atoms with Crippen LogP contribution in [0.15, 0.2) is 12.1 Å².